The highest BCUT2D eigenvalue weighted by Gasteiger charge is 2.23. The summed E-state index contributed by atoms with van der Waals surface area (Å²) in [6, 6.07) is 4.87. The summed E-state index contributed by atoms with van der Waals surface area (Å²) >= 11 is 0. The number of benzene rings is 1. The summed E-state index contributed by atoms with van der Waals surface area (Å²) < 4.78 is 36.3. The molecule has 0 aromatic heterocycles. The van der Waals surface area contributed by atoms with Crippen molar-refractivity contribution in [1.82, 2.24) is 5.32 Å². The summed E-state index contributed by atoms with van der Waals surface area (Å²) in [6.07, 6.45) is -0.0134. The van der Waals surface area contributed by atoms with Crippen LogP contribution < -0.4 is 14.8 Å². The maximum atomic E-state index is 12.0. The van der Waals surface area contributed by atoms with E-state index in [4.69, 9.17) is 9.84 Å². The van der Waals surface area contributed by atoms with Gasteiger partial charge in [-0.25, -0.2) is 13.2 Å². The van der Waals surface area contributed by atoms with Crippen molar-refractivity contribution >= 4 is 27.6 Å². The lowest BCUT2D eigenvalue weighted by atomic mass is 10.3. The number of sulfonamides is 1. The number of rotatable bonds is 10. The van der Waals surface area contributed by atoms with E-state index >= 15 is 0 Å². The number of ether oxygens (including phenoxy) is 2. The van der Waals surface area contributed by atoms with Crippen LogP contribution in [-0.2, 0) is 24.3 Å². The maximum Gasteiger partial charge on any atom is 0.328 e. The molecule has 0 aliphatic rings. The van der Waals surface area contributed by atoms with E-state index in [1.807, 2.05) is 13.8 Å². The van der Waals surface area contributed by atoms with Crippen molar-refractivity contribution < 1.29 is 32.6 Å². The standard InChI is InChI=1S/C15H22N2O7S/c1-10(2)24-12-6-4-11(5-7-12)17-25(21,22)9-14(18)16-13(8-23-3)15(19)20/h4-7,10,13,17H,8-9H2,1-3H3,(H,16,18)(H,19,20). The molecule has 1 aromatic rings. The Morgan fingerprint density at radius 1 is 1.20 bits per heavy atom. The highest BCUT2D eigenvalue weighted by atomic mass is 32.2. The van der Waals surface area contributed by atoms with Crippen LogP contribution in [-0.4, -0.2) is 57.0 Å². The van der Waals surface area contributed by atoms with Crippen LogP contribution >= 0.6 is 0 Å². The molecule has 3 N–H and O–H groups in total. The van der Waals surface area contributed by atoms with Crippen molar-refractivity contribution in [2.75, 3.05) is 24.2 Å². The lowest BCUT2D eigenvalue weighted by Gasteiger charge is -2.14. The zero-order valence-corrected chi connectivity index (χ0v) is 15.0. The first kappa shape index (κ1) is 20.7. The van der Waals surface area contributed by atoms with Gasteiger partial charge in [-0.1, -0.05) is 0 Å². The molecule has 1 unspecified atom stereocenters. The molecule has 9 nitrogen and oxygen atoms in total. The largest absolute Gasteiger partial charge is 0.491 e. The van der Waals surface area contributed by atoms with Crippen LogP contribution in [0.4, 0.5) is 5.69 Å². The molecule has 1 amide bonds. The second-order valence-corrected chi connectivity index (χ2v) is 7.19. The Morgan fingerprint density at radius 3 is 2.28 bits per heavy atom. The quantitative estimate of drug-likeness (QED) is 0.541. The van der Waals surface area contributed by atoms with Gasteiger partial charge < -0.3 is 19.9 Å². The molecule has 0 bridgehead atoms. The van der Waals surface area contributed by atoms with Crippen LogP contribution in [0.15, 0.2) is 24.3 Å². The summed E-state index contributed by atoms with van der Waals surface area (Å²) in [4.78, 5) is 22.7. The van der Waals surface area contributed by atoms with Gasteiger partial charge in [0.05, 0.1) is 12.7 Å². The number of aliphatic carboxylic acids is 1. The number of carboxylic acid groups (broad SMARTS) is 1. The van der Waals surface area contributed by atoms with Crippen LogP contribution in [0.25, 0.3) is 0 Å². The Kier molecular flexibility index (Phi) is 7.65. The van der Waals surface area contributed by atoms with Gasteiger partial charge in [-0.15, -0.1) is 0 Å². The summed E-state index contributed by atoms with van der Waals surface area (Å²) in [6.45, 7) is 3.46. The maximum absolute atomic E-state index is 12.0. The average Bonchev–Trinajstić information content (AvgIpc) is 2.47. The molecule has 25 heavy (non-hydrogen) atoms. The molecule has 140 valence electrons. The van der Waals surface area contributed by atoms with Crippen molar-refractivity contribution in [2.45, 2.75) is 26.0 Å². The zero-order valence-electron chi connectivity index (χ0n) is 14.2. The minimum Gasteiger partial charge on any atom is -0.491 e. The van der Waals surface area contributed by atoms with Gasteiger partial charge in [0.1, 0.15) is 11.5 Å². The highest BCUT2D eigenvalue weighted by Crippen LogP contribution is 2.17. The predicted octanol–water partition coefficient (Wildman–Crippen LogP) is 0.431. The third-order valence-electron chi connectivity index (χ3n) is 2.79. The van der Waals surface area contributed by atoms with E-state index in [1.165, 1.54) is 19.2 Å². The topological polar surface area (TPSA) is 131 Å². The number of hydrogen-bond donors (Lipinski definition) is 3. The second kappa shape index (κ2) is 9.23. The minimum atomic E-state index is -3.99. The second-order valence-electron chi connectivity index (χ2n) is 5.47. The van der Waals surface area contributed by atoms with E-state index in [9.17, 15) is 18.0 Å². The number of carboxylic acids is 1. The minimum absolute atomic E-state index is 0.0134. The van der Waals surface area contributed by atoms with Gasteiger partial charge in [0.25, 0.3) is 0 Å². The molecule has 10 heteroatoms. The highest BCUT2D eigenvalue weighted by molar-refractivity contribution is 7.93. The number of hydrogen-bond acceptors (Lipinski definition) is 6. The fraction of sp³-hybridized carbons (Fsp3) is 0.467. The number of carbonyl (C=O) groups is 2. The lowest BCUT2D eigenvalue weighted by molar-refractivity contribution is -0.143. The zero-order chi connectivity index (χ0) is 19.0. The third kappa shape index (κ3) is 7.86. The van der Waals surface area contributed by atoms with Gasteiger partial charge in [-0.2, -0.15) is 0 Å². The number of methoxy groups -OCH3 is 1. The van der Waals surface area contributed by atoms with Crippen LogP contribution in [0.2, 0.25) is 0 Å². The smallest absolute Gasteiger partial charge is 0.328 e. The first-order valence-electron chi connectivity index (χ1n) is 7.41. The molecule has 0 radical (unpaired) electrons. The normalized spacial score (nSPS) is 12.5. The van der Waals surface area contributed by atoms with Gasteiger partial charge in [0.15, 0.2) is 6.04 Å². The van der Waals surface area contributed by atoms with Crippen LogP contribution in [0.3, 0.4) is 0 Å². The summed E-state index contributed by atoms with van der Waals surface area (Å²) in [5.41, 5.74) is 0.260. The Hall–Kier alpha value is -2.33. The molecule has 0 saturated carbocycles. The molecule has 1 atom stereocenters. The predicted molar refractivity (Wildman–Crippen MR) is 91.1 cm³/mol. The van der Waals surface area contributed by atoms with E-state index in [1.54, 1.807) is 12.1 Å². The lowest BCUT2D eigenvalue weighted by Crippen LogP contribution is -2.46. The van der Waals surface area contributed by atoms with Crippen LogP contribution in [0.1, 0.15) is 13.8 Å². The first-order valence-corrected chi connectivity index (χ1v) is 9.06. The molecule has 1 rings (SSSR count). The number of carbonyl (C=O) groups excluding carboxylic acids is 1. The van der Waals surface area contributed by atoms with E-state index in [0.717, 1.165) is 0 Å². The van der Waals surface area contributed by atoms with Gasteiger partial charge in [0.2, 0.25) is 15.9 Å². The van der Waals surface area contributed by atoms with E-state index in [-0.39, 0.29) is 18.4 Å². The number of anilines is 1. The van der Waals surface area contributed by atoms with Crippen molar-refractivity contribution in [3.63, 3.8) is 0 Å². The molecular weight excluding hydrogens is 352 g/mol. The first-order chi connectivity index (χ1) is 11.6. The Balaban J connectivity index is 2.65. The van der Waals surface area contributed by atoms with E-state index < -0.39 is 33.7 Å². The third-order valence-corrected chi connectivity index (χ3v) is 3.98. The molecule has 0 heterocycles. The van der Waals surface area contributed by atoms with Gasteiger partial charge in [0, 0.05) is 12.8 Å². The van der Waals surface area contributed by atoms with Crippen molar-refractivity contribution in [1.29, 1.82) is 0 Å². The number of amides is 1. The number of nitrogens with one attached hydrogen (secondary N) is 2. The van der Waals surface area contributed by atoms with Gasteiger partial charge >= 0.3 is 5.97 Å². The fourth-order valence-corrected chi connectivity index (χ4v) is 2.84. The van der Waals surface area contributed by atoms with Crippen molar-refractivity contribution in [3.8, 4) is 5.75 Å². The van der Waals surface area contributed by atoms with Crippen molar-refractivity contribution in [2.24, 2.45) is 0 Å². The fourth-order valence-electron chi connectivity index (χ4n) is 1.84. The Labute approximate surface area is 146 Å². The van der Waals surface area contributed by atoms with E-state index in [0.29, 0.717) is 5.75 Å². The van der Waals surface area contributed by atoms with Crippen LogP contribution in [0.5, 0.6) is 5.75 Å². The molecule has 0 saturated heterocycles. The molecule has 0 spiro atoms. The molecule has 0 aliphatic carbocycles. The summed E-state index contributed by atoms with van der Waals surface area (Å²) in [7, 11) is -2.72. The van der Waals surface area contributed by atoms with Gasteiger partial charge in [-0.3, -0.25) is 9.52 Å². The van der Waals surface area contributed by atoms with Gasteiger partial charge in [-0.05, 0) is 38.1 Å². The molecule has 1 aromatic carbocycles. The van der Waals surface area contributed by atoms with Crippen LogP contribution in [0, 0.1) is 0 Å². The monoisotopic (exact) mass is 374 g/mol. The average molecular weight is 374 g/mol. The Morgan fingerprint density at radius 2 is 1.80 bits per heavy atom. The summed E-state index contributed by atoms with van der Waals surface area (Å²) in [5.74, 6) is -2.59. The summed E-state index contributed by atoms with van der Waals surface area (Å²) in [5, 5.41) is 11.0. The van der Waals surface area contributed by atoms with Crippen molar-refractivity contribution in [3.05, 3.63) is 24.3 Å². The molecule has 0 fully saturated rings. The SMILES string of the molecule is COCC(NC(=O)CS(=O)(=O)Nc1ccc(OC(C)C)cc1)C(=O)O. The Bertz CT molecular complexity index is 686. The van der Waals surface area contributed by atoms with E-state index in [2.05, 4.69) is 14.8 Å². The molecular formula is C15H22N2O7S. The molecule has 0 aliphatic heterocycles.